The van der Waals surface area contributed by atoms with E-state index in [9.17, 15) is 9.18 Å². The van der Waals surface area contributed by atoms with Gasteiger partial charge in [0, 0.05) is 19.6 Å². The lowest BCUT2D eigenvalue weighted by Gasteiger charge is -2.41. The van der Waals surface area contributed by atoms with Crippen LogP contribution in [0.2, 0.25) is 0 Å². The van der Waals surface area contributed by atoms with Crippen molar-refractivity contribution in [3.05, 3.63) is 35.6 Å². The maximum Gasteiger partial charge on any atom is 0.221 e. The second-order valence-corrected chi connectivity index (χ2v) is 7.69. The van der Waals surface area contributed by atoms with Crippen LogP contribution in [0.1, 0.15) is 56.9 Å². The molecule has 1 amide bonds. The number of rotatable bonds is 5. The molecule has 2 aliphatic rings. The Bertz CT molecular complexity index is 599. The van der Waals surface area contributed by atoms with Crippen LogP contribution < -0.4 is 11.1 Å². The van der Waals surface area contributed by atoms with Crippen molar-refractivity contribution in [2.45, 2.75) is 56.9 Å². The van der Waals surface area contributed by atoms with Crippen molar-refractivity contribution in [2.75, 3.05) is 19.8 Å². The average Bonchev–Trinajstić information content (AvgIpc) is 2.63. The van der Waals surface area contributed by atoms with Gasteiger partial charge >= 0.3 is 0 Å². The molecule has 26 heavy (non-hydrogen) atoms. The van der Waals surface area contributed by atoms with Gasteiger partial charge in [-0.15, -0.1) is 12.4 Å². The van der Waals surface area contributed by atoms with Crippen LogP contribution in [0.4, 0.5) is 4.39 Å². The van der Waals surface area contributed by atoms with Gasteiger partial charge < -0.3 is 15.8 Å². The molecule has 1 saturated carbocycles. The summed E-state index contributed by atoms with van der Waals surface area (Å²) in [5.41, 5.74) is 6.25. The quantitative estimate of drug-likeness (QED) is 0.814. The Labute approximate surface area is 161 Å². The second-order valence-electron chi connectivity index (χ2n) is 7.69. The van der Waals surface area contributed by atoms with Crippen molar-refractivity contribution >= 4 is 18.3 Å². The van der Waals surface area contributed by atoms with E-state index in [4.69, 9.17) is 10.5 Å². The van der Waals surface area contributed by atoms with Gasteiger partial charge in [0.1, 0.15) is 5.82 Å². The third-order valence-electron chi connectivity index (χ3n) is 5.99. The van der Waals surface area contributed by atoms with E-state index in [1.807, 2.05) is 6.07 Å². The highest BCUT2D eigenvalue weighted by molar-refractivity contribution is 5.85. The fraction of sp³-hybridized carbons (Fsp3) is 0.650. The molecule has 3 N–H and O–H groups in total. The van der Waals surface area contributed by atoms with E-state index in [0.717, 1.165) is 31.2 Å². The van der Waals surface area contributed by atoms with Crippen molar-refractivity contribution in [3.63, 3.8) is 0 Å². The van der Waals surface area contributed by atoms with Crippen LogP contribution in [0.25, 0.3) is 0 Å². The normalized spacial score (nSPS) is 21.5. The maximum absolute atomic E-state index is 13.8. The lowest BCUT2D eigenvalue weighted by Crippen LogP contribution is -2.51. The summed E-state index contributed by atoms with van der Waals surface area (Å²) in [7, 11) is 0. The molecule has 2 fully saturated rings. The van der Waals surface area contributed by atoms with E-state index < -0.39 is 5.54 Å². The highest BCUT2D eigenvalue weighted by Crippen LogP contribution is 2.39. The minimum Gasteiger partial charge on any atom is -0.381 e. The van der Waals surface area contributed by atoms with E-state index in [-0.39, 0.29) is 29.5 Å². The van der Waals surface area contributed by atoms with Crippen LogP contribution in [0.3, 0.4) is 0 Å². The fourth-order valence-electron chi connectivity index (χ4n) is 4.40. The van der Waals surface area contributed by atoms with Crippen molar-refractivity contribution in [2.24, 2.45) is 11.1 Å². The zero-order valence-corrected chi connectivity index (χ0v) is 16.1. The Morgan fingerprint density at radius 1 is 1.15 bits per heavy atom. The highest BCUT2D eigenvalue weighted by Gasteiger charge is 2.39. The molecule has 0 spiro atoms. The predicted octanol–water partition coefficient (Wildman–Crippen LogP) is 3.67. The molecule has 4 nitrogen and oxygen atoms in total. The molecule has 3 rings (SSSR count). The summed E-state index contributed by atoms with van der Waals surface area (Å²) in [6, 6.07) is 6.57. The number of ether oxygens (including phenoxy) is 1. The molecule has 146 valence electrons. The van der Waals surface area contributed by atoms with E-state index in [1.165, 1.54) is 18.6 Å². The Kier molecular flexibility index (Phi) is 7.44. The average molecular weight is 385 g/mol. The van der Waals surface area contributed by atoms with Gasteiger partial charge in [-0.2, -0.15) is 0 Å². The molecule has 0 unspecified atom stereocenters. The van der Waals surface area contributed by atoms with Crippen molar-refractivity contribution in [1.29, 1.82) is 0 Å². The van der Waals surface area contributed by atoms with Gasteiger partial charge in [0.25, 0.3) is 0 Å². The van der Waals surface area contributed by atoms with Crippen LogP contribution >= 0.6 is 12.4 Å². The summed E-state index contributed by atoms with van der Waals surface area (Å²) in [4.78, 5) is 12.9. The third-order valence-corrected chi connectivity index (χ3v) is 5.99. The summed E-state index contributed by atoms with van der Waals surface area (Å²) in [5, 5.41) is 3.24. The Morgan fingerprint density at radius 2 is 1.85 bits per heavy atom. The molecule has 6 heteroatoms. The number of benzene rings is 1. The Balaban J connectivity index is 0.00000243. The number of amides is 1. The molecular formula is C20H30ClFN2O2. The molecule has 0 bridgehead atoms. The molecule has 0 atom stereocenters. The van der Waals surface area contributed by atoms with Gasteiger partial charge in [0.05, 0.1) is 5.54 Å². The molecule has 1 aromatic rings. The van der Waals surface area contributed by atoms with E-state index in [1.54, 1.807) is 6.07 Å². The summed E-state index contributed by atoms with van der Waals surface area (Å²) in [6.07, 6.45) is 7.35. The van der Waals surface area contributed by atoms with Crippen molar-refractivity contribution in [1.82, 2.24) is 5.32 Å². The zero-order chi connectivity index (χ0) is 17.8. The lowest BCUT2D eigenvalue weighted by atomic mass is 9.71. The van der Waals surface area contributed by atoms with Gasteiger partial charge in [0.2, 0.25) is 5.91 Å². The molecule has 1 heterocycles. The minimum atomic E-state index is -0.540. The van der Waals surface area contributed by atoms with Crippen LogP contribution in [0.15, 0.2) is 24.3 Å². The summed E-state index contributed by atoms with van der Waals surface area (Å²) < 4.78 is 19.2. The van der Waals surface area contributed by atoms with Gasteiger partial charge in [0.15, 0.2) is 0 Å². The van der Waals surface area contributed by atoms with Crippen molar-refractivity contribution in [3.8, 4) is 0 Å². The van der Waals surface area contributed by atoms with Gasteiger partial charge in [-0.25, -0.2) is 4.39 Å². The number of hydrogen-bond donors (Lipinski definition) is 2. The maximum atomic E-state index is 13.8. The van der Waals surface area contributed by atoms with E-state index >= 15 is 0 Å². The molecule has 0 radical (unpaired) electrons. The highest BCUT2D eigenvalue weighted by atomic mass is 35.5. The number of nitrogens with one attached hydrogen (secondary N) is 1. The lowest BCUT2D eigenvalue weighted by molar-refractivity contribution is -0.127. The molecule has 1 aromatic carbocycles. The topological polar surface area (TPSA) is 64.4 Å². The van der Waals surface area contributed by atoms with Crippen molar-refractivity contribution < 1.29 is 13.9 Å². The summed E-state index contributed by atoms with van der Waals surface area (Å²) in [6.45, 7) is 1.69. The molecule has 1 aliphatic heterocycles. The predicted molar refractivity (Wildman–Crippen MR) is 103 cm³/mol. The van der Waals surface area contributed by atoms with Crippen LogP contribution in [-0.2, 0) is 15.1 Å². The number of halogens is 2. The number of carbonyl (C=O) groups is 1. The SMILES string of the molecule is Cl.NCC1(CC(=O)NC2(c3cccc(F)c3)CCOCC2)CCCCC1. The summed E-state index contributed by atoms with van der Waals surface area (Å²) >= 11 is 0. The van der Waals surface area contributed by atoms with Crippen LogP contribution in [0.5, 0.6) is 0 Å². The van der Waals surface area contributed by atoms with Gasteiger partial charge in [-0.05, 0) is 55.3 Å². The van der Waals surface area contributed by atoms with Gasteiger partial charge in [-0.3, -0.25) is 4.79 Å². The fourth-order valence-corrected chi connectivity index (χ4v) is 4.40. The Morgan fingerprint density at radius 3 is 2.46 bits per heavy atom. The second kappa shape index (κ2) is 9.16. The first-order valence-corrected chi connectivity index (χ1v) is 9.42. The largest absolute Gasteiger partial charge is 0.381 e. The van der Waals surface area contributed by atoms with E-state index in [0.29, 0.717) is 39.0 Å². The van der Waals surface area contributed by atoms with Crippen LogP contribution in [-0.4, -0.2) is 25.7 Å². The molecule has 1 saturated heterocycles. The first kappa shape index (κ1) is 21.1. The molecular weight excluding hydrogens is 355 g/mol. The first-order valence-electron chi connectivity index (χ1n) is 9.42. The van der Waals surface area contributed by atoms with Gasteiger partial charge in [-0.1, -0.05) is 31.4 Å². The number of carbonyl (C=O) groups excluding carboxylic acids is 1. The third kappa shape index (κ3) is 4.76. The standard InChI is InChI=1S/C20H29FN2O2.ClH/c21-17-6-4-5-16(13-17)20(9-11-25-12-10-20)23-18(24)14-19(15-22)7-2-1-3-8-19;/h4-6,13H,1-3,7-12,14-15,22H2,(H,23,24);1H. The minimum absolute atomic E-state index is 0. The zero-order valence-electron chi connectivity index (χ0n) is 15.3. The molecule has 1 aliphatic carbocycles. The smallest absolute Gasteiger partial charge is 0.221 e. The summed E-state index contributed by atoms with van der Waals surface area (Å²) in [5.74, 6) is -0.248. The first-order chi connectivity index (χ1) is 12.1. The molecule has 0 aromatic heterocycles. The Hall–Kier alpha value is -1.17. The van der Waals surface area contributed by atoms with E-state index in [2.05, 4.69) is 5.32 Å². The monoisotopic (exact) mass is 384 g/mol. The number of nitrogens with two attached hydrogens (primary N) is 1. The van der Waals surface area contributed by atoms with Crippen LogP contribution in [0, 0.1) is 11.2 Å². The number of hydrogen-bond acceptors (Lipinski definition) is 3.